The highest BCUT2D eigenvalue weighted by atomic mass is 32.1. The van der Waals surface area contributed by atoms with E-state index in [9.17, 15) is 4.39 Å². The maximum atomic E-state index is 13.4. The summed E-state index contributed by atoms with van der Waals surface area (Å²) in [6, 6.07) is 4.89. The van der Waals surface area contributed by atoms with Gasteiger partial charge in [-0.15, -0.1) is 11.3 Å². The Labute approximate surface area is 111 Å². The first-order valence-corrected chi connectivity index (χ1v) is 7.04. The Kier molecular flexibility index (Phi) is 4.44. The molecule has 2 rings (SSSR count). The number of halogens is 1. The molecule has 1 aromatic heterocycles. The van der Waals surface area contributed by atoms with Gasteiger partial charge in [-0.05, 0) is 43.1 Å². The lowest BCUT2D eigenvalue weighted by atomic mass is 9.99. The van der Waals surface area contributed by atoms with Crippen molar-refractivity contribution < 1.29 is 4.39 Å². The molecule has 0 bridgehead atoms. The van der Waals surface area contributed by atoms with Crippen LogP contribution in [0.5, 0.6) is 0 Å². The van der Waals surface area contributed by atoms with Crippen molar-refractivity contribution >= 4 is 11.3 Å². The molecular formula is C14H17FN2S. The maximum absolute atomic E-state index is 13.4. The zero-order chi connectivity index (χ0) is 13.0. The van der Waals surface area contributed by atoms with E-state index >= 15 is 0 Å². The van der Waals surface area contributed by atoms with Crippen LogP contribution in [0.1, 0.15) is 36.2 Å². The van der Waals surface area contributed by atoms with Crippen molar-refractivity contribution in [1.82, 2.24) is 10.3 Å². The molecule has 0 aliphatic heterocycles. The predicted octanol–water partition coefficient (Wildman–Crippen LogP) is 3.68. The van der Waals surface area contributed by atoms with Crippen LogP contribution >= 0.6 is 11.3 Å². The second-order valence-electron chi connectivity index (χ2n) is 4.30. The molecule has 0 aliphatic carbocycles. The number of thiazole rings is 1. The maximum Gasteiger partial charge on any atom is 0.123 e. The second-order valence-corrected chi connectivity index (χ2v) is 5.02. The van der Waals surface area contributed by atoms with Gasteiger partial charge in [0, 0.05) is 5.38 Å². The SMILES string of the molecule is CCCNC(c1cscn1)c1cc(F)ccc1C. The minimum absolute atomic E-state index is 0.0214. The molecule has 1 aromatic carbocycles. The Hall–Kier alpha value is -1.26. The fourth-order valence-corrected chi connectivity index (χ4v) is 2.53. The first-order valence-electron chi connectivity index (χ1n) is 6.10. The third kappa shape index (κ3) is 2.94. The lowest BCUT2D eigenvalue weighted by Gasteiger charge is -2.19. The molecule has 0 spiro atoms. The molecule has 1 atom stereocenters. The molecule has 0 saturated heterocycles. The highest BCUT2D eigenvalue weighted by Crippen LogP contribution is 2.25. The molecule has 0 saturated carbocycles. The molecule has 0 radical (unpaired) electrons. The zero-order valence-corrected chi connectivity index (χ0v) is 11.4. The Morgan fingerprint density at radius 2 is 2.28 bits per heavy atom. The first-order chi connectivity index (χ1) is 8.72. The van der Waals surface area contributed by atoms with Gasteiger partial charge in [0.25, 0.3) is 0 Å². The van der Waals surface area contributed by atoms with E-state index < -0.39 is 0 Å². The molecule has 1 unspecified atom stereocenters. The number of nitrogens with one attached hydrogen (secondary N) is 1. The summed E-state index contributed by atoms with van der Waals surface area (Å²) in [6.45, 7) is 5.00. The van der Waals surface area contributed by atoms with Crippen LogP contribution in [0.3, 0.4) is 0 Å². The quantitative estimate of drug-likeness (QED) is 0.891. The fourth-order valence-electron chi connectivity index (χ4n) is 1.95. The summed E-state index contributed by atoms with van der Waals surface area (Å²) in [5, 5.41) is 5.45. The Bertz CT molecular complexity index is 497. The van der Waals surface area contributed by atoms with E-state index in [1.165, 1.54) is 6.07 Å². The Balaban J connectivity index is 2.36. The van der Waals surface area contributed by atoms with Gasteiger partial charge in [0.2, 0.25) is 0 Å². The summed E-state index contributed by atoms with van der Waals surface area (Å²) in [5.41, 5.74) is 4.82. The van der Waals surface area contributed by atoms with E-state index in [1.807, 2.05) is 23.9 Å². The normalized spacial score (nSPS) is 12.6. The Morgan fingerprint density at radius 3 is 2.94 bits per heavy atom. The molecule has 0 fully saturated rings. The number of aryl methyl sites for hydroxylation is 1. The number of nitrogens with zero attached hydrogens (tertiary/aromatic N) is 1. The number of rotatable bonds is 5. The van der Waals surface area contributed by atoms with Crippen LogP contribution < -0.4 is 5.32 Å². The van der Waals surface area contributed by atoms with Crippen LogP contribution in [0.4, 0.5) is 4.39 Å². The minimum atomic E-state index is -0.200. The van der Waals surface area contributed by atoms with Gasteiger partial charge in [0.05, 0.1) is 17.2 Å². The van der Waals surface area contributed by atoms with Crippen LogP contribution in [0, 0.1) is 12.7 Å². The molecule has 4 heteroatoms. The largest absolute Gasteiger partial charge is 0.305 e. The van der Waals surface area contributed by atoms with Gasteiger partial charge in [-0.2, -0.15) is 0 Å². The number of hydrogen-bond acceptors (Lipinski definition) is 3. The van der Waals surface area contributed by atoms with Crippen LogP contribution in [0.2, 0.25) is 0 Å². The average molecular weight is 264 g/mol. The van der Waals surface area contributed by atoms with E-state index in [2.05, 4.69) is 17.2 Å². The molecule has 1 N–H and O–H groups in total. The number of aromatic nitrogens is 1. The minimum Gasteiger partial charge on any atom is -0.305 e. The molecule has 96 valence electrons. The van der Waals surface area contributed by atoms with Crippen LogP contribution in [-0.4, -0.2) is 11.5 Å². The van der Waals surface area contributed by atoms with Crippen LogP contribution in [-0.2, 0) is 0 Å². The summed E-state index contributed by atoms with van der Waals surface area (Å²) >= 11 is 1.56. The Morgan fingerprint density at radius 1 is 1.44 bits per heavy atom. The monoisotopic (exact) mass is 264 g/mol. The van der Waals surface area contributed by atoms with Crippen LogP contribution in [0.15, 0.2) is 29.1 Å². The summed E-state index contributed by atoms with van der Waals surface area (Å²) < 4.78 is 13.4. The van der Waals surface area contributed by atoms with Crippen LogP contribution in [0.25, 0.3) is 0 Å². The standard InChI is InChI=1S/C14H17FN2S/c1-3-6-16-14(13-8-18-9-17-13)12-7-11(15)5-4-10(12)2/h4-5,7-9,14,16H,3,6H2,1-2H3. The zero-order valence-electron chi connectivity index (χ0n) is 10.6. The van der Waals surface area contributed by atoms with Crippen molar-refractivity contribution in [3.8, 4) is 0 Å². The van der Waals surface area contributed by atoms with Gasteiger partial charge in [-0.1, -0.05) is 13.0 Å². The van der Waals surface area contributed by atoms with E-state index in [0.29, 0.717) is 0 Å². The van der Waals surface area contributed by atoms with E-state index in [4.69, 9.17) is 0 Å². The number of hydrogen-bond donors (Lipinski definition) is 1. The van der Waals surface area contributed by atoms with Gasteiger partial charge >= 0.3 is 0 Å². The summed E-state index contributed by atoms with van der Waals surface area (Å²) in [6.07, 6.45) is 1.04. The summed E-state index contributed by atoms with van der Waals surface area (Å²) in [7, 11) is 0. The molecule has 18 heavy (non-hydrogen) atoms. The topological polar surface area (TPSA) is 24.9 Å². The van der Waals surface area contributed by atoms with E-state index in [0.717, 1.165) is 29.8 Å². The second kappa shape index (κ2) is 6.07. The van der Waals surface area contributed by atoms with Crippen molar-refractivity contribution in [3.05, 3.63) is 51.7 Å². The summed E-state index contributed by atoms with van der Waals surface area (Å²) in [5.74, 6) is -0.200. The lowest BCUT2D eigenvalue weighted by molar-refractivity contribution is 0.575. The highest BCUT2D eigenvalue weighted by molar-refractivity contribution is 7.07. The van der Waals surface area contributed by atoms with Crippen molar-refractivity contribution in [2.75, 3.05) is 6.54 Å². The van der Waals surface area contributed by atoms with E-state index in [1.54, 1.807) is 17.4 Å². The third-order valence-electron chi connectivity index (χ3n) is 2.90. The van der Waals surface area contributed by atoms with Crippen molar-refractivity contribution in [2.24, 2.45) is 0 Å². The summed E-state index contributed by atoms with van der Waals surface area (Å²) in [4.78, 5) is 4.35. The van der Waals surface area contributed by atoms with Crippen molar-refractivity contribution in [3.63, 3.8) is 0 Å². The molecule has 0 aliphatic rings. The molecule has 0 amide bonds. The highest BCUT2D eigenvalue weighted by Gasteiger charge is 2.17. The molecular weight excluding hydrogens is 247 g/mol. The van der Waals surface area contributed by atoms with Crippen molar-refractivity contribution in [1.29, 1.82) is 0 Å². The van der Waals surface area contributed by atoms with Crippen molar-refractivity contribution in [2.45, 2.75) is 26.3 Å². The predicted molar refractivity (Wildman–Crippen MR) is 73.4 cm³/mol. The lowest BCUT2D eigenvalue weighted by Crippen LogP contribution is -2.24. The fraction of sp³-hybridized carbons (Fsp3) is 0.357. The van der Waals surface area contributed by atoms with Gasteiger partial charge < -0.3 is 5.32 Å². The average Bonchev–Trinajstić information content (AvgIpc) is 2.88. The van der Waals surface area contributed by atoms with Gasteiger partial charge in [0.15, 0.2) is 0 Å². The third-order valence-corrected chi connectivity index (χ3v) is 3.50. The van der Waals surface area contributed by atoms with Gasteiger partial charge in [-0.3, -0.25) is 0 Å². The number of benzene rings is 1. The van der Waals surface area contributed by atoms with E-state index in [-0.39, 0.29) is 11.9 Å². The smallest absolute Gasteiger partial charge is 0.123 e. The van der Waals surface area contributed by atoms with Gasteiger partial charge in [0.1, 0.15) is 5.82 Å². The first kappa shape index (κ1) is 13.2. The molecule has 1 heterocycles. The van der Waals surface area contributed by atoms with Gasteiger partial charge in [-0.25, -0.2) is 9.37 Å². The molecule has 2 nitrogen and oxygen atoms in total. The molecule has 2 aromatic rings.